The normalized spacial score (nSPS) is 15.5. The summed E-state index contributed by atoms with van der Waals surface area (Å²) in [4.78, 5) is 12.5. The van der Waals surface area contributed by atoms with Crippen LogP contribution in [0.25, 0.3) is 0 Å². The highest BCUT2D eigenvalue weighted by atomic mass is 35.5. The Morgan fingerprint density at radius 3 is 2.48 bits per heavy atom. The van der Waals surface area contributed by atoms with Gasteiger partial charge in [-0.15, -0.1) is 0 Å². The third-order valence-corrected chi connectivity index (χ3v) is 6.88. The van der Waals surface area contributed by atoms with Gasteiger partial charge in [0.2, 0.25) is 10.0 Å². The molecule has 0 radical (unpaired) electrons. The van der Waals surface area contributed by atoms with Gasteiger partial charge in [-0.25, -0.2) is 13.2 Å². The molecule has 0 amide bonds. The minimum absolute atomic E-state index is 0.0298. The molecule has 0 spiro atoms. The fourth-order valence-corrected chi connectivity index (χ4v) is 4.93. The van der Waals surface area contributed by atoms with Crippen molar-refractivity contribution >= 4 is 39.2 Å². The summed E-state index contributed by atoms with van der Waals surface area (Å²) in [5.41, 5.74) is 0.796. The number of halogens is 2. The van der Waals surface area contributed by atoms with Gasteiger partial charge in [-0.1, -0.05) is 41.8 Å². The predicted molar refractivity (Wildman–Crippen MR) is 105 cm³/mol. The van der Waals surface area contributed by atoms with E-state index in [0.29, 0.717) is 28.7 Å². The molecule has 2 aromatic carbocycles. The standard InChI is InChI=1S/C19H19Cl2NO4S/c20-16-8-7-15(18(21)12-16)13-26-19(23)14-5-4-6-17(11-14)27(24,25)22-9-2-1-3-10-22/h4-8,11-12H,1-3,9-10,13H2. The highest BCUT2D eigenvalue weighted by Gasteiger charge is 2.26. The number of benzene rings is 2. The van der Waals surface area contributed by atoms with Crippen molar-refractivity contribution in [2.45, 2.75) is 30.8 Å². The smallest absolute Gasteiger partial charge is 0.338 e. The summed E-state index contributed by atoms with van der Waals surface area (Å²) in [5.74, 6) is -0.614. The van der Waals surface area contributed by atoms with Crippen molar-refractivity contribution in [3.8, 4) is 0 Å². The van der Waals surface area contributed by atoms with Crippen LogP contribution in [0.4, 0.5) is 0 Å². The van der Waals surface area contributed by atoms with Gasteiger partial charge in [0.25, 0.3) is 0 Å². The van der Waals surface area contributed by atoms with E-state index in [4.69, 9.17) is 27.9 Å². The Morgan fingerprint density at radius 1 is 1.04 bits per heavy atom. The van der Waals surface area contributed by atoms with Gasteiger partial charge in [0, 0.05) is 28.7 Å². The molecule has 0 unspecified atom stereocenters. The first-order chi connectivity index (χ1) is 12.9. The van der Waals surface area contributed by atoms with Crippen LogP contribution in [-0.4, -0.2) is 31.8 Å². The van der Waals surface area contributed by atoms with E-state index in [2.05, 4.69) is 0 Å². The summed E-state index contributed by atoms with van der Waals surface area (Å²) in [6, 6.07) is 10.8. The van der Waals surface area contributed by atoms with Crippen LogP contribution in [0.1, 0.15) is 35.2 Å². The van der Waals surface area contributed by atoms with Gasteiger partial charge >= 0.3 is 5.97 Å². The van der Waals surface area contributed by atoms with Gasteiger partial charge in [-0.3, -0.25) is 0 Å². The zero-order chi connectivity index (χ0) is 19.4. The number of carbonyl (C=O) groups is 1. The van der Waals surface area contributed by atoms with Crippen molar-refractivity contribution in [1.82, 2.24) is 4.31 Å². The molecule has 144 valence electrons. The first-order valence-electron chi connectivity index (χ1n) is 8.59. The van der Waals surface area contributed by atoms with E-state index >= 15 is 0 Å². The SMILES string of the molecule is O=C(OCc1ccc(Cl)cc1Cl)c1cccc(S(=O)(=O)N2CCCCC2)c1. The van der Waals surface area contributed by atoms with Crippen molar-refractivity contribution in [3.05, 3.63) is 63.6 Å². The summed E-state index contributed by atoms with van der Waals surface area (Å²) in [6.07, 6.45) is 2.73. The lowest BCUT2D eigenvalue weighted by atomic mass is 10.2. The highest BCUT2D eigenvalue weighted by molar-refractivity contribution is 7.89. The maximum absolute atomic E-state index is 12.8. The molecule has 1 aliphatic rings. The lowest BCUT2D eigenvalue weighted by molar-refractivity contribution is 0.0472. The number of rotatable bonds is 5. The molecular weight excluding hydrogens is 409 g/mol. The van der Waals surface area contributed by atoms with Crippen molar-refractivity contribution in [2.75, 3.05) is 13.1 Å². The summed E-state index contributed by atoms with van der Waals surface area (Å²) in [7, 11) is -3.61. The highest BCUT2D eigenvalue weighted by Crippen LogP contribution is 2.23. The topological polar surface area (TPSA) is 63.7 Å². The molecule has 1 saturated heterocycles. The first-order valence-corrected chi connectivity index (χ1v) is 10.8. The fourth-order valence-electron chi connectivity index (χ4n) is 2.90. The van der Waals surface area contributed by atoms with Crippen molar-refractivity contribution in [1.29, 1.82) is 0 Å². The quantitative estimate of drug-likeness (QED) is 0.657. The third-order valence-electron chi connectivity index (χ3n) is 4.40. The number of esters is 1. The molecular formula is C19H19Cl2NO4S. The van der Waals surface area contributed by atoms with Crippen LogP contribution in [0.2, 0.25) is 10.0 Å². The Kier molecular flexibility index (Phi) is 6.42. The third kappa shape index (κ3) is 4.82. The van der Waals surface area contributed by atoms with Gasteiger partial charge in [-0.05, 0) is 43.2 Å². The minimum atomic E-state index is -3.61. The number of carbonyl (C=O) groups excluding carboxylic acids is 1. The van der Waals surface area contributed by atoms with E-state index in [1.807, 2.05) is 0 Å². The number of ether oxygens (including phenoxy) is 1. The molecule has 1 fully saturated rings. The molecule has 1 aliphatic heterocycles. The van der Waals surface area contributed by atoms with Crippen LogP contribution in [0, 0.1) is 0 Å². The first kappa shape index (κ1) is 20.1. The molecule has 8 heteroatoms. The van der Waals surface area contributed by atoms with Gasteiger partial charge in [0.05, 0.1) is 10.5 Å². The van der Waals surface area contributed by atoms with E-state index in [-0.39, 0.29) is 17.1 Å². The molecule has 0 saturated carbocycles. The number of sulfonamides is 1. The molecule has 2 aromatic rings. The van der Waals surface area contributed by atoms with Crippen molar-refractivity contribution in [3.63, 3.8) is 0 Å². The van der Waals surface area contributed by atoms with Gasteiger partial charge in [0.15, 0.2) is 0 Å². The zero-order valence-electron chi connectivity index (χ0n) is 14.5. The Morgan fingerprint density at radius 2 is 1.78 bits per heavy atom. The van der Waals surface area contributed by atoms with E-state index in [0.717, 1.165) is 19.3 Å². The Hall–Kier alpha value is -1.60. The number of nitrogens with zero attached hydrogens (tertiary/aromatic N) is 1. The monoisotopic (exact) mass is 427 g/mol. The largest absolute Gasteiger partial charge is 0.457 e. The second-order valence-corrected chi connectivity index (χ2v) is 9.09. The maximum atomic E-state index is 12.8. The summed E-state index contributed by atoms with van der Waals surface area (Å²) in [6.45, 7) is 0.982. The predicted octanol–water partition coefficient (Wildman–Crippen LogP) is 4.53. The minimum Gasteiger partial charge on any atom is -0.457 e. The lowest BCUT2D eigenvalue weighted by Crippen LogP contribution is -2.35. The van der Waals surface area contributed by atoms with E-state index in [9.17, 15) is 13.2 Å². The molecule has 0 bridgehead atoms. The van der Waals surface area contributed by atoms with Crippen LogP contribution in [-0.2, 0) is 21.4 Å². The Bertz CT molecular complexity index is 940. The molecule has 0 aromatic heterocycles. The molecule has 1 heterocycles. The van der Waals surface area contributed by atoms with Crippen molar-refractivity contribution < 1.29 is 17.9 Å². The number of hydrogen-bond donors (Lipinski definition) is 0. The van der Waals surface area contributed by atoms with E-state index < -0.39 is 16.0 Å². The Labute approximate surface area is 168 Å². The lowest BCUT2D eigenvalue weighted by Gasteiger charge is -2.25. The molecule has 0 aliphatic carbocycles. The number of hydrogen-bond acceptors (Lipinski definition) is 4. The zero-order valence-corrected chi connectivity index (χ0v) is 16.9. The second kappa shape index (κ2) is 8.61. The molecule has 3 rings (SSSR count). The molecule has 5 nitrogen and oxygen atoms in total. The summed E-state index contributed by atoms with van der Waals surface area (Å²) in [5, 5.41) is 0.891. The van der Waals surface area contributed by atoms with E-state index in [1.165, 1.54) is 22.5 Å². The van der Waals surface area contributed by atoms with Crippen LogP contribution < -0.4 is 0 Å². The van der Waals surface area contributed by atoms with Crippen molar-refractivity contribution in [2.24, 2.45) is 0 Å². The van der Waals surface area contributed by atoms with Crippen LogP contribution in [0.3, 0.4) is 0 Å². The maximum Gasteiger partial charge on any atom is 0.338 e. The molecule has 0 atom stereocenters. The van der Waals surface area contributed by atoms with Crippen LogP contribution in [0.15, 0.2) is 47.4 Å². The van der Waals surface area contributed by atoms with Gasteiger partial charge in [0.1, 0.15) is 6.61 Å². The van der Waals surface area contributed by atoms with E-state index in [1.54, 1.807) is 24.3 Å². The molecule has 0 N–H and O–H groups in total. The van der Waals surface area contributed by atoms with Gasteiger partial charge < -0.3 is 4.74 Å². The average Bonchev–Trinajstić information content (AvgIpc) is 2.68. The summed E-state index contributed by atoms with van der Waals surface area (Å²) >= 11 is 11.9. The van der Waals surface area contributed by atoms with Crippen LogP contribution in [0.5, 0.6) is 0 Å². The Balaban J connectivity index is 1.73. The van der Waals surface area contributed by atoms with Gasteiger partial charge in [-0.2, -0.15) is 4.31 Å². The average molecular weight is 428 g/mol. The van der Waals surface area contributed by atoms with Crippen LogP contribution >= 0.6 is 23.2 Å². The number of piperidine rings is 1. The summed E-state index contributed by atoms with van der Waals surface area (Å²) < 4.78 is 32.3. The second-order valence-electron chi connectivity index (χ2n) is 6.30. The fraction of sp³-hybridized carbons (Fsp3) is 0.316. The molecule has 27 heavy (non-hydrogen) atoms.